The number of hydrogen-bond donors (Lipinski definition) is 0. The summed E-state index contributed by atoms with van der Waals surface area (Å²) >= 11 is 1.33. The molecule has 0 spiro atoms. The van der Waals surface area contributed by atoms with Crippen molar-refractivity contribution in [3.05, 3.63) is 29.3 Å². The predicted octanol–water partition coefficient (Wildman–Crippen LogP) is 4.38. The number of thioether (sulfide) groups is 1. The van der Waals surface area contributed by atoms with Crippen LogP contribution in [0.4, 0.5) is 13.2 Å². The Bertz CT molecular complexity index is 331. The number of rotatable bonds is 3. The van der Waals surface area contributed by atoms with Crippen molar-refractivity contribution in [2.45, 2.75) is 30.8 Å². The zero-order valence-corrected chi connectivity index (χ0v) is 9.50. The average Bonchev–Trinajstić information content (AvgIpc) is 2.17. The zero-order valence-electron chi connectivity index (χ0n) is 8.69. The Balaban J connectivity index is 3.16. The lowest BCUT2D eigenvalue weighted by Gasteiger charge is -2.13. The second-order valence-electron chi connectivity index (χ2n) is 3.27. The van der Waals surface area contributed by atoms with Crippen LogP contribution in [0, 0.1) is 0 Å². The fourth-order valence-corrected chi connectivity index (χ4v) is 1.87. The highest BCUT2D eigenvalue weighted by atomic mass is 32.2. The summed E-state index contributed by atoms with van der Waals surface area (Å²) in [6, 6.07) is 4.55. The molecule has 4 heteroatoms. The van der Waals surface area contributed by atoms with E-state index in [0.717, 1.165) is 6.42 Å². The molecule has 0 aliphatic rings. The van der Waals surface area contributed by atoms with Gasteiger partial charge in [0.1, 0.15) is 0 Å². The number of alkyl halides is 3. The number of aryl methyl sites for hydroxylation is 1. The fraction of sp³-hybridized carbons (Fsp3) is 0.455. The summed E-state index contributed by atoms with van der Waals surface area (Å²) in [5.41, 5.74) is -0.0981. The second kappa shape index (κ2) is 4.92. The number of hydrogen-bond acceptors (Lipinski definition) is 1. The Hall–Kier alpha value is -0.640. The van der Waals surface area contributed by atoms with Crippen molar-refractivity contribution in [2.24, 2.45) is 0 Å². The molecule has 84 valence electrons. The van der Waals surface area contributed by atoms with Gasteiger partial charge >= 0.3 is 6.18 Å². The van der Waals surface area contributed by atoms with Crippen LogP contribution in [-0.2, 0) is 12.6 Å². The molecule has 0 bridgehead atoms. The van der Waals surface area contributed by atoms with Crippen LogP contribution in [0.2, 0.25) is 0 Å². The smallest absolute Gasteiger partial charge is 0.166 e. The molecule has 15 heavy (non-hydrogen) atoms. The number of halogens is 3. The molecule has 0 aliphatic heterocycles. The maximum Gasteiger partial charge on any atom is 0.416 e. The maximum atomic E-state index is 12.7. The highest BCUT2D eigenvalue weighted by Crippen LogP contribution is 2.34. The molecule has 1 rings (SSSR count). The molecule has 0 atom stereocenters. The summed E-state index contributed by atoms with van der Waals surface area (Å²) in [7, 11) is 0. The van der Waals surface area contributed by atoms with Crippen molar-refractivity contribution in [3.8, 4) is 0 Å². The van der Waals surface area contributed by atoms with Crippen LogP contribution in [0.1, 0.15) is 24.5 Å². The summed E-state index contributed by atoms with van der Waals surface area (Å²) in [5, 5.41) is 0. The first kappa shape index (κ1) is 12.4. The lowest BCUT2D eigenvalue weighted by atomic mass is 10.0. The van der Waals surface area contributed by atoms with Crippen LogP contribution >= 0.6 is 11.8 Å². The molecule has 0 saturated carbocycles. The first-order chi connectivity index (χ1) is 6.99. The van der Waals surface area contributed by atoms with E-state index in [4.69, 9.17) is 0 Å². The van der Waals surface area contributed by atoms with Gasteiger partial charge in [-0.15, -0.1) is 11.8 Å². The second-order valence-corrected chi connectivity index (χ2v) is 4.15. The van der Waals surface area contributed by atoms with Gasteiger partial charge in [0, 0.05) is 4.90 Å². The minimum Gasteiger partial charge on any atom is -0.166 e. The Morgan fingerprint density at radius 2 is 1.93 bits per heavy atom. The third-order valence-electron chi connectivity index (χ3n) is 2.14. The van der Waals surface area contributed by atoms with E-state index < -0.39 is 11.7 Å². The van der Waals surface area contributed by atoms with Crippen LogP contribution in [0.5, 0.6) is 0 Å². The van der Waals surface area contributed by atoms with Crippen molar-refractivity contribution in [3.63, 3.8) is 0 Å². The molecule has 0 N–H and O–H groups in total. The molecule has 0 unspecified atom stereocenters. The molecule has 0 aromatic heterocycles. The summed E-state index contributed by atoms with van der Waals surface area (Å²) in [5.74, 6) is 0. The third-order valence-corrected chi connectivity index (χ3v) is 2.87. The van der Waals surface area contributed by atoms with E-state index in [1.54, 1.807) is 18.4 Å². The highest BCUT2D eigenvalue weighted by Gasteiger charge is 2.33. The quantitative estimate of drug-likeness (QED) is 0.699. The van der Waals surface area contributed by atoms with Crippen LogP contribution < -0.4 is 0 Å². The van der Waals surface area contributed by atoms with E-state index in [9.17, 15) is 13.2 Å². The molecule has 0 fully saturated rings. The van der Waals surface area contributed by atoms with Crippen molar-refractivity contribution in [1.82, 2.24) is 0 Å². The third kappa shape index (κ3) is 3.16. The highest BCUT2D eigenvalue weighted by molar-refractivity contribution is 7.98. The molecular formula is C11H13F3S. The van der Waals surface area contributed by atoms with E-state index in [1.165, 1.54) is 17.8 Å². The monoisotopic (exact) mass is 234 g/mol. The van der Waals surface area contributed by atoms with Gasteiger partial charge in [-0.2, -0.15) is 13.2 Å². The van der Waals surface area contributed by atoms with Gasteiger partial charge in [0.25, 0.3) is 0 Å². The molecule has 0 nitrogen and oxygen atoms in total. The maximum absolute atomic E-state index is 12.7. The Labute approximate surface area is 91.9 Å². The van der Waals surface area contributed by atoms with Gasteiger partial charge in [-0.3, -0.25) is 0 Å². The van der Waals surface area contributed by atoms with Crippen LogP contribution in [0.15, 0.2) is 23.1 Å². The lowest BCUT2D eigenvalue weighted by molar-refractivity contribution is -0.138. The first-order valence-electron chi connectivity index (χ1n) is 4.73. The molecule has 0 heterocycles. The van der Waals surface area contributed by atoms with Gasteiger partial charge in [0.15, 0.2) is 0 Å². The molecule has 1 aromatic rings. The molecule has 0 aliphatic carbocycles. The van der Waals surface area contributed by atoms with Crippen molar-refractivity contribution >= 4 is 11.8 Å². The number of benzene rings is 1. The average molecular weight is 234 g/mol. The van der Waals surface area contributed by atoms with Gasteiger partial charge in [-0.05, 0) is 30.4 Å². The van der Waals surface area contributed by atoms with Crippen LogP contribution in [-0.4, -0.2) is 6.26 Å². The van der Waals surface area contributed by atoms with Gasteiger partial charge in [0.05, 0.1) is 5.56 Å². The van der Waals surface area contributed by atoms with E-state index in [2.05, 4.69) is 0 Å². The standard InChI is InChI=1S/C11H13F3S/c1-3-4-8-5-6-9(15-2)7-10(8)11(12,13)14/h5-7H,3-4H2,1-2H3. The Kier molecular flexibility index (Phi) is 4.08. The summed E-state index contributed by atoms with van der Waals surface area (Å²) in [4.78, 5) is 0.655. The Morgan fingerprint density at radius 1 is 1.27 bits per heavy atom. The minimum absolute atomic E-state index is 0.391. The lowest BCUT2D eigenvalue weighted by Crippen LogP contribution is -2.09. The van der Waals surface area contributed by atoms with Crippen LogP contribution in [0.3, 0.4) is 0 Å². The molecule has 1 aromatic carbocycles. The summed E-state index contributed by atoms with van der Waals surface area (Å²) in [6.45, 7) is 1.88. The van der Waals surface area contributed by atoms with Crippen molar-refractivity contribution < 1.29 is 13.2 Å². The molecule has 0 radical (unpaired) electrons. The topological polar surface area (TPSA) is 0 Å². The van der Waals surface area contributed by atoms with Crippen LogP contribution in [0.25, 0.3) is 0 Å². The van der Waals surface area contributed by atoms with E-state index in [1.807, 2.05) is 6.92 Å². The minimum atomic E-state index is -4.24. The normalized spacial score (nSPS) is 11.8. The fourth-order valence-electron chi connectivity index (χ4n) is 1.43. The van der Waals surface area contributed by atoms with Gasteiger partial charge in [-0.25, -0.2) is 0 Å². The molecule has 0 amide bonds. The SMILES string of the molecule is CCCc1ccc(SC)cc1C(F)(F)F. The van der Waals surface area contributed by atoms with Crippen molar-refractivity contribution in [1.29, 1.82) is 0 Å². The van der Waals surface area contributed by atoms with Gasteiger partial charge in [0.2, 0.25) is 0 Å². The van der Waals surface area contributed by atoms with Gasteiger partial charge in [-0.1, -0.05) is 19.4 Å². The largest absolute Gasteiger partial charge is 0.416 e. The van der Waals surface area contributed by atoms with E-state index >= 15 is 0 Å². The van der Waals surface area contributed by atoms with E-state index in [0.29, 0.717) is 16.9 Å². The first-order valence-corrected chi connectivity index (χ1v) is 5.95. The summed E-state index contributed by atoms with van der Waals surface area (Å²) < 4.78 is 38.0. The molecular weight excluding hydrogens is 221 g/mol. The molecule has 0 saturated heterocycles. The Morgan fingerprint density at radius 3 is 2.40 bits per heavy atom. The summed E-state index contributed by atoms with van der Waals surface area (Å²) in [6.07, 6.45) is -1.27. The predicted molar refractivity (Wildman–Crippen MR) is 57.2 cm³/mol. The van der Waals surface area contributed by atoms with Gasteiger partial charge < -0.3 is 0 Å². The van der Waals surface area contributed by atoms with Crippen molar-refractivity contribution in [2.75, 3.05) is 6.26 Å². The van der Waals surface area contributed by atoms with E-state index in [-0.39, 0.29) is 0 Å². The zero-order chi connectivity index (χ0) is 11.5.